The van der Waals surface area contributed by atoms with Crippen LogP contribution in [0, 0.1) is 18.8 Å². The Kier molecular flexibility index (Phi) is 6.69. The van der Waals surface area contributed by atoms with E-state index in [4.69, 9.17) is 4.74 Å². The highest BCUT2D eigenvalue weighted by Gasteiger charge is 2.33. The molecular weight excluding hydrogens is 390 g/mol. The number of aryl methyl sites for hydroxylation is 1. The summed E-state index contributed by atoms with van der Waals surface area (Å²) in [4.78, 5) is 36.9. The summed E-state index contributed by atoms with van der Waals surface area (Å²) < 4.78 is 5.21. The van der Waals surface area contributed by atoms with Crippen LogP contribution in [-0.2, 0) is 14.3 Å². The van der Waals surface area contributed by atoms with Crippen molar-refractivity contribution < 1.29 is 24.2 Å². The zero-order chi connectivity index (χ0) is 21.0. The number of hydrogen-bond acceptors (Lipinski definition) is 6. The van der Waals surface area contributed by atoms with Gasteiger partial charge in [-0.05, 0) is 32.3 Å². The molecule has 1 aliphatic carbocycles. The Morgan fingerprint density at radius 1 is 1.14 bits per heavy atom. The molecule has 2 aromatic rings. The maximum Gasteiger partial charge on any atom is 0.341 e. The Labute approximate surface area is 173 Å². The minimum Gasteiger partial charge on any atom is -0.550 e. The second kappa shape index (κ2) is 9.22. The number of thiophene rings is 1. The van der Waals surface area contributed by atoms with Crippen molar-refractivity contribution in [1.82, 2.24) is 0 Å². The lowest BCUT2D eigenvalue weighted by Crippen LogP contribution is -2.42. The standard InChI is InChI=1S/C22H25NO5S/c1-3-28-22(27)18-17(14-10-8-13(2)9-11-14)12-29-20(18)23-19(24)15-6-4-5-7-16(15)21(25)26/h8-12,15-16H,3-7H2,1-2H3,(H,23,24)(H,25,26)/p-1/t15-,16-/m1/s1. The number of hydrogen-bond donors (Lipinski definition) is 1. The summed E-state index contributed by atoms with van der Waals surface area (Å²) in [6.45, 7) is 3.92. The van der Waals surface area contributed by atoms with Gasteiger partial charge in [0.1, 0.15) is 10.6 Å². The van der Waals surface area contributed by atoms with Crippen LogP contribution in [0.2, 0.25) is 0 Å². The molecule has 0 saturated heterocycles. The lowest BCUT2D eigenvalue weighted by Gasteiger charge is -2.31. The predicted molar refractivity (Wildman–Crippen MR) is 110 cm³/mol. The summed E-state index contributed by atoms with van der Waals surface area (Å²) in [5, 5.41) is 16.4. The van der Waals surface area contributed by atoms with Gasteiger partial charge < -0.3 is 20.0 Å². The zero-order valence-corrected chi connectivity index (χ0v) is 17.3. The molecule has 1 aromatic carbocycles. The average molecular weight is 415 g/mol. The van der Waals surface area contributed by atoms with Crippen molar-refractivity contribution in [1.29, 1.82) is 0 Å². The van der Waals surface area contributed by atoms with Gasteiger partial charge in [0.05, 0.1) is 6.61 Å². The summed E-state index contributed by atoms with van der Waals surface area (Å²) in [7, 11) is 0. The van der Waals surface area contributed by atoms with Gasteiger partial charge in [-0.3, -0.25) is 4.79 Å². The predicted octanol–water partition coefficient (Wildman–Crippen LogP) is 3.40. The number of anilines is 1. The van der Waals surface area contributed by atoms with E-state index in [0.29, 0.717) is 29.0 Å². The van der Waals surface area contributed by atoms with Crippen molar-refractivity contribution in [3.05, 3.63) is 40.8 Å². The number of carboxylic acids is 1. The van der Waals surface area contributed by atoms with Gasteiger partial charge in [-0.1, -0.05) is 42.7 Å². The lowest BCUT2D eigenvalue weighted by atomic mass is 9.79. The summed E-state index contributed by atoms with van der Waals surface area (Å²) >= 11 is 1.24. The maximum absolute atomic E-state index is 12.9. The number of carbonyl (C=O) groups excluding carboxylic acids is 3. The van der Waals surface area contributed by atoms with E-state index in [1.807, 2.05) is 36.6 Å². The van der Waals surface area contributed by atoms with Crippen molar-refractivity contribution in [2.45, 2.75) is 39.5 Å². The van der Waals surface area contributed by atoms with Crippen LogP contribution >= 0.6 is 11.3 Å². The quantitative estimate of drug-likeness (QED) is 0.731. The number of amides is 1. The maximum atomic E-state index is 12.9. The Bertz CT molecular complexity index is 902. The minimum absolute atomic E-state index is 0.213. The highest BCUT2D eigenvalue weighted by atomic mass is 32.1. The van der Waals surface area contributed by atoms with Crippen LogP contribution in [0.15, 0.2) is 29.6 Å². The molecule has 1 heterocycles. The van der Waals surface area contributed by atoms with Crippen LogP contribution in [-0.4, -0.2) is 24.5 Å². The van der Waals surface area contributed by atoms with Crippen molar-refractivity contribution >= 4 is 34.2 Å². The molecule has 2 atom stereocenters. The second-order valence-electron chi connectivity index (χ2n) is 7.25. The van der Waals surface area contributed by atoms with Gasteiger partial charge in [0, 0.05) is 28.7 Å². The molecular formula is C22H24NO5S-. The van der Waals surface area contributed by atoms with Gasteiger partial charge in [0.2, 0.25) is 5.91 Å². The number of carbonyl (C=O) groups is 3. The van der Waals surface area contributed by atoms with E-state index in [2.05, 4.69) is 5.32 Å². The first-order valence-corrected chi connectivity index (χ1v) is 10.7. The van der Waals surface area contributed by atoms with Crippen molar-refractivity contribution in [2.75, 3.05) is 11.9 Å². The summed E-state index contributed by atoms with van der Waals surface area (Å²) in [6.07, 6.45) is 2.50. The Balaban J connectivity index is 1.92. The lowest BCUT2D eigenvalue weighted by molar-refractivity contribution is -0.313. The molecule has 1 amide bonds. The van der Waals surface area contributed by atoms with Crippen LogP contribution in [0.25, 0.3) is 11.1 Å². The zero-order valence-electron chi connectivity index (χ0n) is 16.5. The topological polar surface area (TPSA) is 95.5 Å². The van der Waals surface area contributed by atoms with Gasteiger partial charge >= 0.3 is 5.97 Å². The fourth-order valence-corrected chi connectivity index (χ4v) is 4.69. The fourth-order valence-electron chi connectivity index (χ4n) is 3.73. The van der Waals surface area contributed by atoms with Gasteiger partial charge in [0.15, 0.2) is 0 Å². The first-order valence-electron chi connectivity index (χ1n) is 9.79. The smallest absolute Gasteiger partial charge is 0.341 e. The molecule has 1 aliphatic rings. The molecule has 6 nitrogen and oxygen atoms in total. The van der Waals surface area contributed by atoms with Gasteiger partial charge in [-0.2, -0.15) is 0 Å². The number of benzene rings is 1. The number of esters is 1. The molecule has 0 spiro atoms. The van der Waals surface area contributed by atoms with E-state index >= 15 is 0 Å². The van der Waals surface area contributed by atoms with E-state index in [9.17, 15) is 19.5 Å². The van der Waals surface area contributed by atoms with Crippen molar-refractivity contribution in [3.63, 3.8) is 0 Å². The number of ether oxygens (including phenoxy) is 1. The molecule has 0 radical (unpaired) electrons. The molecule has 0 bridgehead atoms. The normalized spacial score (nSPS) is 18.8. The molecule has 7 heteroatoms. The Morgan fingerprint density at radius 2 is 1.79 bits per heavy atom. The average Bonchev–Trinajstić information content (AvgIpc) is 3.12. The highest BCUT2D eigenvalue weighted by Crippen LogP contribution is 2.38. The Hall–Kier alpha value is -2.67. The molecule has 3 rings (SSSR count). The fraction of sp³-hybridized carbons (Fsp3) is 0.409. The largest absolute Gasteiger partial charge is 0.550 e. The summed E-state index contributed by atoms with van der Waals surface area (Å²) in [6, 6.07) is 7.73. The second-order valence-corrected chi connectivity index (χ2v) is 8.13. The van der Waals surface area contributed by atoms with E-state index in [0.717, 1.165) is 24.0 Å². The highest BCUT2D eigenvalue weighted by molar-refractivity contribution is 7.15. The van der Waals surface area contributed by atoms with Crippen LogP contribution in [0.3, 0.4) is 0 Å². The SMILES string of the molecule is CCOC(=O)c1c(-c2ccc(C)cc2)csc1NC(=O)[C@@H]1CCCC[C@H]1C(=O)[O-]. The van der Waals surface area contributed by atoms with Crippen LogP contribution in [0.5, 0.6) is 0 Å². The van der Waals surface area contributed by atoms with Gasteiger partial charge in [-0.15, -0.1) is 11.3 Å². The number of carboxylic acid groups (broad SMARTS) is 1. The molecule has 0 unspecified atom stereocenters. The third-order valence-corrected chi connectivity index (χ3v) is 6.17. The minimum atomic E-state index is -1.19. The Morgan fingerprint density at radius 3 is 2.41 bits per heavy atom. The molecule has 1 saturated carbocycles. The third-order valence-electron chi connectivity index (χ3n) is 5.28. The van der Waals surface area contributed by atoms with E-state index < -0.39 is 23.8 Å². The van der Waals surface area contributed by atoms with E-state index in [-0.39, 0.29) is 12.5 Å². The van der Waals surface area contributed by atoms with Crippen LogP contribution in [0.4, 0.5) is 5.00 Å². The van der Waals surface area contributed by atoms with Crippen molar-refractivity contribution in [3.8, 4) is 11.1 Å². The van der Waals surface area contributed by atoms with Crippen LogP contribution in [0.1, 0.15) is 48.5 Å². The molecule has 0 aliphatic heterocycles. The van der Waals surface area contributed by atoms with Gasteiger partial charge in [0.25, 0.3) is 0 Å². The van der Waals surface area contributed by atoms with Crippen LogP contribution < -0.4 is 10.4 Å². The van der Waals surface area contributed by atoms with E-state index in [1.165, 1.54) is 11.3 Å². The first kappa shape index (κ1) is 21.0. The molecule has 1 N–H and O–H groups in total. The van der Waals surface area contributed by atoms with E-state index in [1.54, 1.807) is 6.92 Å². The number of aliphatic carboxylic acids is 1. The van der Waals surface area contributed by atoms with Crippen molar-refractivity contribution in [2.24, 2.45) is 11.8 Å². The molecule has 29 heavy (non-hydrogen) atoms. The summed E-state index contributed by atoms with van der Waals surface area (Å²) in [5.74, 6) is -3.55. The molecule has 1 fully saturated rings. The summed E-state index contributed by atoms with van der Waals surface area (Å²) in [5.41, 5.74) is 2.93. The number of nitrogens with one attached hydrogen (secondary N) is 1. The monoisotopic (exact) mass is 414 g/mol. The molecule has 154 valence electrons. The third kappa shape index (κ3) is 4.67. The van der Waals surface area contributed by atoms with Gasteiger partial charge in [-0.25, -0.2) is 4.79 Å². The first-order chi connectivity index (χ1) is 13.9. The number of rotatable bonds is 6. The molecule has 1 aromatic heterocycles.